The Kier molecular flexibility index (Phi) is 5.57. The molecule has 1 fully saturated rings. The number of thioether (sulfide) groups is 1. The molecule has 0 aliphatic carbocycles. The minimum Gasteiger partial charge on any atom is -0.371 e. The van der Waals surface area contributed by atoms with Gasteiger partial charge in [0.25, 0.3) is 0 Å². The fourth-order valence-electron chi connectivity index (χ4n) is 3.84. The molecule has 0 N–H and O–H groups in total. The number of hydrogen-bond donors (Lipinski definition) is 0. The monoisotopic (exact) mass is 395 g/mol. The van der Waals surface area contributed by atoms with Crippen LogP contribution >= 0.6 is 11.8 Å². The average molecular weight is 396 g/mol. The van der Waals surface area contributed by atoms with E-state index in [2.05, 4.69) is 23.1 Å². The molecule has 0 saturated carbocycles. The number of para-hydroxylation sites is 2. The number of fused-ring (bicyclic) bond motifs is 1. The van der Waals surface area contributed by atoms with Crippen LogP contribution in [0.2, 0.25) is 0 Å². The molecule has 2 aliphatic rings. The van der Waals surface area contributed by atoms with Gasteiger partial charge in [-0.3, -0.25) is 9.59 Å². The maximum absolute atomic E-state index is 12.9. The van der Waals surface area contributed by atoms with Crippen molar-refractivity contribution < 1.29 is 9.59 Å². The predicted octanol–water partition coefficient (Wildman–Crippen LogP) is 3.38. The first-order valence-corrected chi connectivity index (χ1v) is 10.7. The van der Waals surface area contributed by atoms with Crippen molar-refractivity contribution in [3.8, 4) is 0 Å². The first-order valence-electron chi connectivity index (χ1n) is 9.72. The van der Waals surface area contributed by atoms with Crippen LogP contribution < -0.4 is 9.80 Å². The van der Waals surface area contributed by atoms with Crippen molar-refractivity contribution in [2.24, 2.45) is 0 Å². The highest BCUT2D eigenvalue weighted by molar-refractivity contribution is 8.00. The van der Waals surface area contributed by atoms with E-state index in [0.717, 1.165) is 29.2 Å². The number of hydrogen-bond acceptors (Lipinski definition) is 4. The van der Waals surface area contributed by atoms with Gasteiger partial charge in [-0.05, 0) is 36.6 Å². The molecule has 5 nitrogen and oxygen atoms in total. The fourth-order valence-corrected chi connectivity index (χ4v) is 4.77. The minimum atomic E-state index is -0.0497. The van der Waals surface area contributed by atoms with Crippen LogP contribution in [-0.2, 0) is 16.1 Å². The number of benzene rings is 2. The number of rotatable bonds is 5. The molecular formula is C22H25N3O2S. The Labute approximate surface area is 170 Å². The predicted molar refractivity (Wildman–Crippen MR) is 114 cm³/mol. The lowest BCUT2D eigenvalue weighted by Crippen LogP contribution is -2.43. The van der Waals surface area contributed by atoms with Crippen molar-refractivity contribution in [3.63, 3.8) is 0 Å². The molecule has 2 aromatic carbocycles. The number of carbonyl (C=O) groups is 2. The summed E-state index contributed by atoms with van der Waals surface area (Å²) in [5.41, 5.74) is 3.21. The van der Waals surface area contributed by atoms with E-state index in [-0.39, 0.29) is 18.4 Å². The first kappa shape index (κ1) is 18.9. The molecule has 6 heteroatoms. The molecule has 2 aliphatic heterocycles. The van der Waals surface area contributed by atoms with Crippen molar-refractivity contribution in [1.82, 2.24) is 4.90 Å². The molecule has 0 spiro atoms. The Morgan fingerprint density at radius 2 is 1.71 bits per heavy atom. The standard InChI is InChI=1S/C22H25N3O2S/c1-23(14-17-8-2-3-9-18(17)24-12-6-7-13-24)21(26)15-25-19-10-4-5-11-20(19)28-16-22(25)27/h2-5,8-11H,6-7,12-16H2,1H3. The highest BCUT2D eigenvalue weighted by Crippen LogP contribution is 2.34. The Morgan fingerprint density at radius 1 is 1.04 bits per heavy atom. The van der Waals surface area contributed by atoms with E-state index in [1.807, 2.05) is 37.4 Å². The largest absolute Gasteiger partial charge is 0.371 e. The van der Waals surface area contributed by atoms with E-state index >= 15 is 0 Å². The van der Waals surface area contributed by atoms with Gasteiger partial charge in [0.1, 0.15) is 6.54 Å². The van der Waals surface area contributed by atoms with Gasteiger partial charge in [0.15, 0.2) is 0 Å². The van der Waals surface area contributed by atoms with E-state index in [9.17, 15) is 9.59 Å². The summed E-state index contributed by atoms with van der Waals surface area (Å²) < 4.78 is 0. The number of carbonyl (C=O) groups excluding carboxylic acids is 2. The summed E-state index contributed by atoms with van der Waals surface area (Å²) in [6, 6.07) is 16.1. The summed E-state index contributed by atoms with van der Waals surface area (Å²) in [6.45, 7) is 2.78. The SMILES string of the molecule is CN(Cc1ccccc1N1CCCC1)C(=O)CN1C(=O)CSc2ccccc21. The van der Waals surface area contributed by atoms with E-state index in [1.54, 1.807) is 9.80 Å². The lowest BCUT2D eigenvalue weighted by Gasteiger charge is -2.30. The maximum Gasteiger partial charge on any atom is 0.242 e. The van der Waals surface area contributed by atoms with Gasteiger partial charge in [0.2, 0.25) is 11.8 Å². The summed E-state index contributed by atoms with van der Waals surface area (Å²) in [5.74, 6) is 0.320. The molecule has 0 radical (unpaired) electrons. The molecule has 28 heavy (non-hydrogen) atoms. The zero-order valence-corrected chi connectivity index (χ0v) is 17.0. The summed E-state index contributed by atoms with van der Waals surface area (Å²) in [7, 11) is 1.82. The number of nitrogens with zero attached hydrogens (tertiary/aromatic N) is 3. The van der Waals surface area contributed by atoms with E-state index in [1.165, 1.54) is 30.3 Å². The normalized spacial score (nSPS) is 16.2. The van der Waals surface area contributed by atoms with Crippen LogP contribution in [-0.4, -0.2) is 49.1 Å². The van der Waals surface area contributed by atoms with Crippen molar-refractivity contribution in [3.05, 3.63) is 54.1 Å². The smallest absolute Gasteiger partial charge is 0.242 e. The zero-order chi connectivity index (χ0) is 19.5. The third-order valence-corrected chi connectivity index (χ3v) is 6.42. The Morgan fingerprint density at radius 3 is 2.50 bits per heavy atom. The summed E-state index contributed by atoms with van der Waals surface area (Å²) in [5, 5.41) is 0. The molecule has 0 atom stereocenters. The van der Waals surface area contributed by atoms with Crippen LogP contribution in [0.5, 0.6) is 0 Å². The topological polar surface area (TPSA) is 43.9 Å². The van der Waals surface area contributed by atoms with Crippen molar-refractivity contribution >= 4 is 35.0 Å². The fraction of sp³-hybridized carbons (Fsp3) is 0.364. The third kappa shape index (κ3) is 3.87. The zero-order valence-electron chi connectivity index (χ0n) is 16.1. The van der Waals surface area contributed by atoms with Crippen molar-refractivity contribution in [1.29, 1.82) is 0 Å². The molecule has 0 bridgehead atoms. The van der Waals surface area contributed by atoms with Crippen LogP contribution in [0.4, 0.5) is 11.4 Å². The lowest BCUT2D eigenvalue weighted by atomic mass is 10.1. The molecule has 2 amide bonds. The molecule has 1 saturated heterocycles. The van der Waals surface area contributed by atoms with Crippen LogP contribution in [0.15, 0.2) is 53.4 Å². The van der Waals surface area contributed by atoms with Gasteiger partial charge in [0, 0.05) is 37.3 Å². The highest BCUT2D eigenvalue weighted by atomic mass is 32.2. The second kappa shape index (κ2) is 8.27. The summed E-state index contributed by atoms with van der Waals surface area (Å²) in [4.78, 5) is 32.1. The Hall–Kier alpha value is -2.47. The van der Waals surface area contributed by atoms with Gasteiger partial charge in [-0.25, -0.2) is 0 Å². The molecule has 0 unspecified atom stereocenters. The van der Waals surface area contributed by atoms with Crippen LogP contribution in [0, 0.1) is 0 Å². The van der Waals surface area contributed by atoms with Crippen LogP contribution in [0.1, 0.15) is 18.4 Å². The summed E-state index contributed by atoms with van der Waals surface area (Å²) >= 11 is 1.53. The van der Waals surface area contributed by atoms with Crippen LogP contribution in [0.3, 0.4) is 0 Å². The molecule has 4 rings (SSSR count). The highest BCUT2D eigenvalue weighted by Gasteiger charge is 2.27. The van der Waals surface area contributed by atoms with Crippen molar-refractivity contribution in [2.75, 3.05) is 42.2 Å². The van der Waals surface area contributed by atoms with Gasteiger partial charge in [-0.2, -0.15) is 0 Å². The number of amides is 2. The molecule has 146 valence electrons. The van der Waals surface area contributed by atoms with Gasteiger partial charge in [-0.15, -0.1) is 11.8 Å². The van der Waals surface area contributed by atoms with Gasteiger partial charge >= 0.3 is 0 Å². The minimum absolute atomic E-state index is 0.0112. The van der Waals surface area contributed by atoms with E-state index in [0.29, 0.717) is 12.3 Å². The maximum atomic E-state index is 12.9. The number of likely N-dealkylation sites (N-methyl/N-ethyl adjacent to an activating group) is 1. The molecule has 2 aromatic rings. The first-order chi connectivity index (χ1) is 13.6. The van der Waals surface area contributed by atoms with Crippen molar-refractivity contribution in [2.45, 2.75) is 24.3 Å². The van der Waals surface area contributed by atoms with E-state index in [4.69, 9.17) is 0 Å². The van der Waals surface area contributed by atoms with E-state index < -0.39 is 0 Å². The van der Waals surface area contributed by atoms with Gasteiger partial charge in [-0.1, -0.05) is 30.3 Å². The Balaban J connectivity index is 1.47. The second-order valence-corrected chi connectivity index (χ2v) is 8.33. The second-order valence-electron chi connectivity index (χ2n) is 7.31. The molecule has 0 aromatic heterocycles. The third-order valence-electron chi connectivity index (χ3n) is 5.37. The lowest BCUT2D eigenvalue weighted by molar-refractivity contribution is -0.130. The summed E-state index contributed by atoms with van der Waals surface area (Å²) in [6.07, 6.45) is 2.44. The van der Waals surface area contributed by atoms with Gasteiger partial charge < -0.3 is 14.7 Å². The quantitative estimate of drug-likeness (QED) is 0.779. The average Bonchev–Trinajstić information content (AvgIpc) is 3.25. The number of anilines is 2. The molecular weight excluding hydrogens is 370 g/mol. The molecule has 2 heterocycles. The Bertz CT molecular complexity index is 880. The van der Waals surface area contributed by atoms with Gasteiger partial charge in [0.05, 0.1) is 11.4 Å². The van der Waals surface area contributed by atoms with Crippen LogP contribution in [0.25, 0.3) is 0 Å².